The van der Waals surface area contributed by atoms with Gasteiger partial charge in [-0.25, -0.2) is 0 Å². The number of aliphatic hydroxyl groups excluding tert-OH is 1. The number of fused-ring (bicyclic) bond motifs is 1. The predicted molar refractivity (Wildman–Crippen MR) is 97.1 cm³/mol. The van der Waals surface area contributed by atoms with Gasteiger partial charge in [-0.05, 0) is 29.7 Å². The molecule has 1 unspecified atom stereocenters. The lowest BCUT2D eigenvalue weighted by Crippen LogP contribution is -2.52. The van der Waals surface area contributed by atoms with E-state index in [1.54, 1.807) is 4.90 Å². The van der Waals surface area contributed by atoms with Crippen LogP contribution in [-0.2, 0) is 16.0 Å². The highest BCUT2D eigenvalue weighted by atomic mass is 16.3. The fraction of sp³-hybridized carbons (Fsp3) is 0.400. The highest BCUT2D eigenvalue weighted by Gasteiger charge is 2.25. The Bertz CT molecular complexity index is 764. The van der Waals surface area contributed by atoms with Gasteiger partial charge in [0.15, 0.2) is 0 Å². The third-order valence-electron chi connectivity index (χ3n) is 4.74. The van der Waals surface area contributed by atoms with Crippen molar-refractivity contribution in [2.24, 2.45) is 0 Å². The fourth-order valence-corrected chi connectivity index (χ4v) is 3.24. The second kappa shape index (κ2) is 7.66. The summed E-state index contributed by atoms with van der Waals surface area (Å²) in [6.45, 7) is 3.53. The minimum atomic E-state index is -0.977. The maximum absolute atomic E-state index is 12.4. The standard InChI is InChI=1S/C20H24N2O3/c1-15(23)20(25)22-12-10-21(11-13-22)19(24)9-7-16-6-8-17-4-2-3-5-18(17)14-16/h2-6,8,14-15,23H,7,9-13H2,1H3. The Kier molecular flexibility index (Phi) is 5.34. The number of hydrogen-bond acceptors (Lipinski definition) is 3. The molecular formula is C20H24N2O3. The van der Waals surface area contributed by atoms with E-state index in [1.165, 1.54) is 17.7 Å². The number of benzene rings is 2. The minimum absolute atomic E-state index is 0.123. The zero-order valence-electron chi connectivity index (χ0n) is 14.5. The second-order valence-electron chi connectivity index (χ2n) is 6.56. The predicted octanol–water partition coefficient (Wildman–Crippen LogP) is 1.82. The molecule has 1 atom stereocenters. The molecule has 25 heavy (non-hydrogen) atoms. The van der Waals surface area contributed by atoms with Crippen LogP contribution >= 0.6 is 0 Å². The van der Waals surface area contributed by atoms with Gasteiger partial charge >= 0.3 is 0 Å². The zero-order valence-corrected chi connectivity index (χ0v) is 14.5. The van der Waals surface area contributed by atoms with Crippen LogP contribution in [0.3, 0.4) is 0 Å². The number of rotatable bonds is 4. The van der Waals surface area contributed by atoms with E-state index in [1.807, 2.05) is 17.0 Å². The van der Waals surface area contributed by atoms with Crippen LogP contribution in [0, 0.1) is 0 Å². The van der Waals surface area contributed by atoms with E-state index in [9.17, 15) is 14.7 Å². The molecule has 0 spiro atoms. The Morgan fingerprint density at radius 2 is 1.64 bits per heavy atom. The molecular weight excluding hydrogens is 316 g/mol. The summed E-state index contributed by atoms with van der Waals surface area (Å²) in [6.07, 6.45) is 0.217. The second-order valence-corrected chi connectivity index (χ2v) is 6.56. The van der Waals surface area contributed by atoms with E-state index in [-0.39, 0.29) is 11.8 Å². The number of hydrogen-bond donors (Lipinski definition) is 1. The molecule has 0 aliphatic carbocycles. The molecule has 1 N–H and O–H groups in total. The number of nitrogens with zero attached hydrogens (tertiary/aromatic N) is 2. The quantitative estimate of drug-likeness (QED) is 0.924. The Morgan fingerprint density at radius 3 is 2.32 bits per heavy atom. The summed E-state index contributed by atoms with van der Waals surface area (Å²) in [7, 11) is 0. The minimum Gasteiger partial charge on any atom is -0.384 e. The van der Waals surface area contributed by atoms with Gasteiger partial charge in [-0.3, -0.25) is 9.59 Å². The largest absolute Gasteiger partial charge is 0.384 e. The number of carbonyl (C=O) groups excluding carboxylic acids is 2. The molecule has 5 nitrogen and oxygen atoms in total. The highest BCUT2D eigenvalue weighted by molar-refractivity contribution is 5.83. The average Bonchev–Trinajstić information content (AvgIpc) is 2.65. The van der Waals surface area contributed by atoms with E-state index in [2.05, 4.69) is 30.3 Å². The van der Waals surface area contributed by atoms with Gasteiger partial charge in [0.05, 0.1) is 0 Å². The van der Waals surface area contributed by atoms with Gasteiger partial charge in [0.25, 0.3) is 5.91 Å². The van der Waals surface area contributed by atoms with Crippen molar-refractivity contribution in [1.29, 1.82) is 0 Å². The molecule has 3 rings (SSSR count). The molecule has 1 fully saturated rings. The number of piperazine rings is 1. The van der Waals surface area contributed by atoms with Crippen LogP contribution in [0.5, 0.6) is 0 Å². The maximum Gasteiger partial charge on any atom is 0.251 e. The molecule has 5 heteroatoms. The summed E-state index contributed by atoms with van der Waals surface area (Å²) < 4.78 is 0. The van der Waals surface area contributed by atoms with E-state index in [4.69, 9.17) is 0 Å². The fourth-order valence-electron chi connectivity index (χ4n) is 3.24. The number of aryl methyl sites for hydroxylation is 1. The lowest BCUT2D eigenvalue weighted by atomic mass is 10.0. The summed E-state index contributed by atoms with van der Waals surface area (Å²) in [5, 5.41) is 11.8. The van der Waals surface area contributed by atoms with Gasteiger partial charge in [-0.15, -0.1) is 0 Å². The number of amides is 2. The van der Waals surface area contributed by atoms with Gasteiger partial charge in [0, 0.05) is 32.6 Å². The zero-order chi connectivity index (χ0) is 17.8. The highest BCUT2D eigenvalue weighted by Crippen LogP contribution is 2.17. The van der Waals surface area contributed by atoms with E-state index >= 15 is 0 Å². The van der Waals surface area contributed by atoms with Crippen molar-refractivity contribution in [3.8, 4) is 0 Å². The first-order valence-electron chi connectivity index (χ1n) is 8.77. The maximum atomic E-state index is 12.4. The summed E-state index contributed by atoms with van der Waals surface area (Å²) in [4.78, 5) is 27.6. The molecule has 0 radical (unpaired) electrons. The monoisotopic (exact) mass is 340 g/mol. The summed E-state index contributed by atoms with van der Waals surface area (Å²) in [6, 6.07) is 14.5. The SMILES string of the molecule is CC(O)C(=O)N1CCN(C(=O)CCc2ccc3ccccc3c2)CC1. The molecule has 0 bridgehead atoms. The van der Waals surface area contributed by atoms with Crippen LogP contribution in [0.2, 0.25) is 0 Å². The number of carbonyl (C=O) groups is 2. The molecule has 0 saturated carbocycles. The van der Waals surface area contributed by atoms with Gasteiger partial charge in [0.1, 0.15) is 6.10 Å². The van der Waals surface area contributed by atoms with Gasteiger partial charge in [-0.2, -0.15) is 0 Å². The van der Waals surface area contributed by atoms with Crippen LogP contribution in [0.15, 0.2) is 42.5 Å². The van der Waals surface area contributed by atoms with Crippen molar-refractivity contribution in [3.05, 3.63) is 48.0 Å². The van der Waals surface area contributed by atoms with E-state index in [0.29, 0.717) is 32.6 Å². The molecule has 2 aromatic carbocycles. The summed E-state index contributed by atoms with van der Waals surface area (Å²) in [5.41, 5.74) is 1.16. The third-order valence-corrected chi connectivity index (χ3v) is 4.74. The molecule has 1 aliphatic heterocycles. The normalized spacial score (nSPS) is 16.1. The van der Waals surface area contributed by atoms with Gasteiger partial charge in [0.2, 0.25) is 5.91 Å². The molecule has 132 valence electrons. The Hall–Kier alpha value is -2.40. The van der Waals surface area contributed by atoms with Crippen LogP contribution in [0.1, 0.15) is 18.9 Å². The van der Waals surface area contributed by atoms with E-state index in [0.717, 1.165) is 12.0 Å². The lowest BCUT2D eigenvalue weighted by molar-refractivity contribution is -0.144. The van der Waals surface area contributed by atoms with Crippen molar-refractivity contribution in [3.63, 3.8) is 0 Å². The average molecular weight is 340 g/mol. The Morgan fingerprint density at radius 1 is 1.00 bits per heavy atom. The lowest BCUT2D eigenvalue weighted by Gasteiger charge is -2.35. The molecule has 2 aromatic rings. The first-order chi connectivity index (χ1) is 12.0. The Balaban J connectivity index is 1.52. The summed E-state index contributed by atoms with van der Waals surface area (Å²) in [5.74, 6) is -0.138. The van der Waals surface area contributed by atoms with E-state index < -0.39 is 6.10 Å². The van der Waals surface area contributed by atoms with Crippen molar-refractivity contribution >= 4 is 22.6 Å². The van der Waals surface area contributed by atoms with Crippen molar-refractivity contribution in [1.82, 2.24) is 9.80 Å². The first kappa shape index (κ1) is 17.4. The van der Waals surface area contributed by atoms with Crippen molar-refractivity contribution in [2.75, 3.05) is 26.2 Å². The molecule has 0 aromatic heterocycles. The van der Waals surface area contributed by atoms with Crippen LogP contribution < -0.4 is 0 Å². The van der Waals surface area contributed by atoms with Crippen molar-refractivity contribution in [2.45, 2.75) is 25.9 Å². The molecule has 2 amide bonds. The van der Waals surface area contributed by atoms with Crippen LogP contribution in [0.25, 0.3) is 10.8 Å². The van der Waals surface area contributed by atoms with Crippen LogP contribution in [0.4, 0.5) is 0 Å². The van der Waals surface area contributed by atoms with Gasteiger partial charge < -0.3 is 14.9 Å². The number of aliphatic hydroxyl groups is 1. The van der Waals surface area contributed by atoms with Crippen LogP contribution in [-0.4, -0.2) is 59.0 Å². The third kappa shape index (κ3) is 4.17. The topological polar surface area (TPSA) is 60.9 Å². The molecule has 1 aliphatic rings. The summed E-state index contributed by atoms with van der Waals surface area (Å²) >= 11 is 0. The van der Waals surface area contributed by atoms with Gasteiger partial charge in [-0.1, -0.05) is 42.5 Å². The Labute approximate surface area is 147 Å². The smallest absolute Gasteiger partial charge is 0.251 e. The molecule has 1 saturated heterocycles. The molecule has 1 heterocycles. The first-order valence-corrected chi connectivity index (χ1v) is 8.77. The van der Waals surface area contributed by atoms with Crippen molar-refractivity contribution < 1.29 is 14.7 Å².